The molecule has 1 saturated heterocycles. The van der Waals surface area contributed by atoms with E-state index in [9.17, 15) is 9.59 Å². The molecule has 0 unspecified atom stereocenters. The van der Waals surface area contributed by atoms with E-state index >= 15 is 0 Å². The molecule has 3 rings (SSSR count). The van der Waals surface area contributed by atoms with E-state index in [0.29, 0.717) is 13.1 Å². The van der Waals surface area contributed by atoms with Crippen molar-refractivity contribution in [1.29, 1.82) is 0 Å². The van der Waals surface area contributed by atoms with E-state index in [1.165, 1.54) is 0 Å². The van der Waals surface area contributed by atoms with Crippen molar-refractivity contribution in [1.82, 2.24) is 4.90 Å². The lowest BCUT2D eigenvalue weighted by molar-refractivity contribution is -0.123. The van der Waals surface area contributed by atoms with Crippen molar-refractivity contribution in [3.8, 4) is 0 Å². The van der Waals surface area contributed by atoms with Crippen LogP contribution < -0.4 is 10.6 Å². The van der Waals surface area contributed by atoms with Crippen LogP contribution in [0.2, 0.25) is 0 Å². The van der Waals surface area contributed by atoms with Gasteiger partial charge in [-0.15, -0.1) is 0 Å². The van der Waals surface area contributed by atoms with E-state index < -0.39 is 0 Å². The summed E-state index contributed by atoms with van der Waals surface area (Å²) < 4.78 is 1.13. The highest BCUT2D eigenvalue weighted by Gasteiger charge is 2.26. The van der Waals surface area contributed by atoms with E-state index in [1.54, 1.807) is 0 Å². The van der Waals surface area contributed by atoms with Gasteiger partial charge in [-0.05, 0) is 78.4 Å². The summed E-state index contributed by atoms with van der Waals surface area (Å²) >= 11 is 2.23. The van der Waals surface area contributed by atoms with E-state index in [4.69, 9.17) is 0 Å². The first kappa shape index (κ1) is 18.8. The van der Waals surface area contributed by atoms with Gasteiger partial charge in [-0.3, -0.25) is 14.5 Å². The van der Waals surface area contributed by atoms with Gasteiger partial charge in [0.05, 0.1) is 12.5 Å². The van der Waals surface area contributed by atoms with Crippen LogP contribution in [0.5, 0.6) is 0 Å². The second-order valence-corrected chi connectivity index (χ2v) is 7.73. The monoisotopic (exact) mass is 463 g/mol. The zero-order valence-corrected chi connectivity index (χ0v) is 16.6. The van der Waals surface area contributed by atoms with Gasteiger partial charge in [-0.25, -0.2) is 0 Å². The molecule has 0 bridgehead atoms. The zero-order chi connectivity index (χ0) is 18.4. The molecule has 0 saturated carbocycles. The molecule has 2 N–H and O–H groups in total. The van der Waals surface area contributed by atoms with Gasteiger partial charge in [0, 0.05) is 21.5 Å². The van der Waals surface area contributed by atoms with Crippen LogP contribution in [-0.2, 0) is 9.59 Å². The number of hydrogen-bond acceptors (Lipinski definition) is 3. The lowest BCUT2D eigenvalue weighted by Gasteiger charge is -2.31. The van der Waals surface area contributed by atoms with Gasteiger partial charge < -0.3 is 10.6 Å². The minimum atomic E-state index is -0.0879. The number of hydrogen-bond donors (Lipinski definition) is 2. The Morgan fingerprint density at radius 1 is 1.00 bits per heavy atom. The molecule has 136 valence electrons. The molecule has 1 atom stereocenters. The number of nitrogens with zero attached hydrogens (tertiary/aromatic N) is 1. The fourth-order valence-electron chi connectivity index (χ4n) is 3.12. The number of nitrogens with one attached hydrogen (secondary N) is 2. The molecule has 26 heavy (non-hydrogen) atoms. The van der Waals surface area contributed by atoms with Crippen LogP contribution in [0.4, 0.5) is 11.4 Å². The van der Waals surface area contributed by atoms with Crippen LogP contribution in [0.1, 0.15) is 12.8 Å². The molecular weight excluding hydrogens is 441 g/mol. The Bertz CT molecular complexity index is 749. The van der Waals surface area contributed by atoms with Gasteiger partial charge in [-0.1, -0.05) is 18.2 Å². The summed E-state index contributed by atoms with van der Waals surface area (Å²) in [6.07, 6.45) is 1.78. The third-order valence-corrected chi connectivity index (χ3v) is 5.13. The van der Waals surface area contributed by atoms with Crippen molar-refractivity contribution in [3.63, 3.8) is 0 Å². The summed E-state index contributed by atoms with van der Waals surface area (Å²) in [6, 6.07) is 17.2. The summed E-state index contributed by atoms with van der Waals surface area (Å²) in [7, 11) is 0. The molecule has 0 aromatic heterocycles. The molecule has 0 aliphatic carbocycles. The molecule has 5 nitrogen and oxygen atoms in total. The highest BCUT2D eigenvalue weighted by atomic mass is 127. The Morgan fingerprint density at radius 2 is 1.69 bits per heavy atom. The first-order chi connectivity index (χ1) is 12.6. The van der Waals surface area contributed by atoms with Gasteiger partial charge in [-0.2, -0.15) is 0 Å². The normalized spacial score (nSPS) is 17.5. The number of carbonyl (C=O) groups is 2. The maximum atomic E-state index is 12.5. The van der Waals surface area contributed by atoms with Crippen molar-refractivity contribution in [2.75, 3.05) is 30.3 Å². The fourth-order valence-corrected chi connectivity index (χ4v) is 3.48. The van der Waals surface area contributed by atoms with Crippen molar-refractivity contribution in [3.05, 3.63) is 58.2 Å². The summed E-state index contributed by atoms with van der Waals surface area (Å²) in [5.41, 5.74) is 1.61. The van der Waals surface area contributed by atoms with Crippen molar-refractivity contribution in [2.45, 2.75) is 12.8 Å². The number of para-hydroxylation sites is 1. The van der Waals surface area contributed by atoms with Gasteiger partial charge in [0.2, 0.25) is 11.8 Å². The lowest BCUT2D eigenvalue weighted by Crippen LogP contribution is -2.43. The number of anilines is 2. The Balaban J connectivity index is 1.50. The molecule has 1 aliphatic heterocycles. The number of piperidine rings is 1. The number of amides is 2. The van der Waals surface area contributed by atoms with Gasteiger partial charge in [0.1, 0.15) is 0 Å². The smallest absolute Gasteiger partial charge is 0.238 e. The van der Waals surface area contributed by atoms with Gasteiger partial charge >= 0.3 is 0 Å². The van der Waals surface area contributed by atoms with Crippen LogP contribution in [0.25, 0.3) is 0 Å². The molecule has 0 radical (unpaired) electrons. The predicted molar refractivity (Wildman–Crippen MR) is 112 cm³/mol. The zero-order valence-electron chi connectivity index (χ0n) is 14.5. The summed E-state index contributed by atoms with van der Waals surface area (Å²) in [5, 5.41) is 5.88. The Morgan fingerprint density at radius 3 is 2.42 bits per heavy atom. The van der Waals surface area contributed by atoms with Crippen LogP contribution in [-0.4, -0.2) is 36.3 Å². The minimum Gasteiger partial charge on any atom is -0.326 e. The quantitative estimate of drug-likeness (QED) is 0.667. The number of rotatable bonds is 5. The number of likely N-dealkylation sites (tertiary alicyclic amines) is 1. The van der Waals surface area contributed by atoms with Crippen LogP contribution in [0, 0.1) is 9.49 Å². The molecule has 0 spiro atoms. The SMILES string of the molecule is O=C(CN1CCC[C@H](C(=O)Nc2ccccc2)C1)Nc1ccc(I)cc1. The second-order valence-electron chi connectivity index (χ2n) is 6.48. The fraction of sp³-hybridized carbons (Fsp3) is 0.300. The van der Waals surface area contributed by atoms with Crippen molar-refractivity contribution >= 4 is 45.8 Å². The van der Waals surface area contributed by atoms with Crippen molar-refractivity contribution < 1.29 is 9.59 Å². The molecule has 2 aromatic rings. The molecule has 1 heterocycles. The highest BCUT2D eigenvalue weighted by Crippen LogP contribution is 2.19. The van der Waals surface area contributed by atoms with E-state index in [2.05, 4.69) is 38.1 Å². The van der Waals surface area contributed by atoms with Crippen molar-refractivity contribution in [2.24, 2.45) is 5.92 Å². The minimum absolute atomic E-state index is 0.0268. The molecule has 1 aliphatic rings. The number of carbonyl (C=O) groups excluding carboxylic acids is 2. The molecule has 1 fully saturated rings. The Kier molecular flexibility index (Phi) is 6.62. The van der Waals surface area contributed by atoms with Crippen LogP contribution in [0.3, 0.4) is 0 Å². The average molecular weight is 463 g/mol. The number of halogens is 1. The van der Waals surface area contributed by atoms with E-state index in [1.807, 2.05) is 54.6 Å². The lowest BCUT2D eigenvalue weighted by atomic mass is 9.97. The topological polar surface area (TPSA) is 61.4 Å². The maximum absolute atomic E-state index is 12.5. The molecule has 2 aromatic carbocycles. The third-order valence-electron chi connectivity index (χ3n) is 4.41. The van der Waals surface area contributed by atoms with E-state index in [0.717, 1.165) is 34.3 Å². The highest BCUT2D eigenvalue weighted by molar-refractivity contribution is 14.1. The molecule has 2 amide bonds. The van der Waals surface area contributed by atoms with Gasteiger partial charge in [0.15, 0.2) is 0 Å². The molecular formula is C20H22IN3O2. The first-order valence-electron chi connectivity index (χ1n) is 8.74. The molecule has 6 heteroatoms. The van der Waals surface area contributed by atoms with Crippen LogP contribution in [0.15, 0.2) is 54.6 Å². The summed E-state index contributed by atoms with van der Waals surface area (Å²) in [5.74, 6) is -0.107. The second kappa shape index (κ2) is 9.14. The Labute approximate surface area is 167 Å². The number of benzene rings is 2. The van der Waals surface area contributed by atoms with E-state index in [-0.39, 0.29) is 17.7 Å². The Hall–Kier alpha value is -1.93. The van der Waals surface area contributed by atoms with Gasteiger partial charge in [0.25, 0.3) is 0 Å². The summed E-state index contributed by atoms with van der Waals surface area (Å²) in [6.45, 7) is 1.76. The standard InChI is InChI=1S/C20H22IN3O2/c21-16-8-10-18(11-9-16)22-19(25)14-24-12-4-5-15(13-24)20(26)23-17-6-2-1-3-7-17/h1-3,6-11,15H,4-5,12-14H2,(H,22,25)(H,23,26)/t15-/m0/s1. The first-order valence-corrected chi connectivity index (χ1v) is 9.82. The maximum Gasteiger partial charge on any atom is 0.238 e. The predicted octanol–water partition coefficient (Wildman–Crippen LogP) is 3.58. The van der Waals surface area contributed by atoms with Crippen LogP contribution >= 0.6 is 22.6 Å². The summed E-state index contributed by atoms with van der Waals surface area (Å²) in [4.78, 5) is 26.8. The largest absolute Gasteiger partial charge is 0.326 e. The third kappa shape index (κ3) is 5.54. The average Bonchev–Trinajstić information content (AvgIpc) is 2.64.